The predicted molar refractivity (Wildman–Crippen MR) is 110 cm³/mol. The molecule has 29 heavy (non-hydrogen) atoms. The van der Waals surface area contributed by atoms with Crippen molar-refractivity contribution < 1.29 is 9.47 Å². The lowest BCUT2D eigenvalue weighted by Gasteiger charge is -2.51. The van der Waals surface area contributed by atoms with Crippen LogP contribution in [0.3, 0.4) is 0 Å². The van der Waals surface area contributed by atoms with E-state index < -0.39 is 0 Å². The van der Waals surface area contributed by atoms with Gasteiger partial charge in [-0.1, -0.05) is 6.07 Å². The molecule has 0 unspecified atom stereocenters. The highest BCUT2D eigenvalue weighted by atomic mass is 16.7. The molecule has 1 aromatic heterocycles. The van der Waals surface area contributed by atoms with Crippen molar-refractivity contribution in [1.29, 1.82) is 0 Å². The lowest BCUT2D eigenvalue weighted by Crippen LogP contribution is -2.60. The van der Waals surface area contributed by atoms with Crippen LogP contribution in [0.2, 0.25) is 0 Å². The van der Waals surface area contributed by atoms with Gasteiger partial charge in [0.2, 0.25) is 6.79 Å². The molecule has 0 amide bonds. The van der Waals surface area contributed by atoms with Crippen LogP contribution >= 0.6 is 0 Å². The van der Waals surface area contributed by atoms with Crippen molar-refractivity contribution in [3.05, 3.63) is 40.7 Å². The number of likely N-dealkylation sites (tertiary alicyclic amines) is 1. The summed E-state index contributed by atoms with van der Waals surface area (Å²) < 4.78 is 13.3. The monoisotopic (exact) mass is 394 g/mol. The molecular weight excluding hydrogens is 364 g/mol. The molecule has 0 N–H and O–H groups in total. The number of hydrogen-bond donors (Lipinski definition) is 0. The molecule has 6 nitrogen and oxygen atoms in total. The standard InChI is InChI=1S/C23H30N4O2/c1-14-18(15(2)25(3)24-14)11-27-12-19(17-4-5-20-21(10-17)29-13-28-20)23-22(27)16-6-8-26(23)9-7-16/h4-5,10,16,19,22-23H,6-9,11-13H2,1-3H3/t19-,22+,23+/m1/s1. The molecule has 0 saturated carbocycles. The smallest absolute Gasteiger partial charge is 0.231 e. The SMILES string of the molecule is Cc1nn(C)c(C)c1CN1C[C@H](c2ccc3c(c2)OCO3)[C@H]2[C@@H]1C1CCN2CC1. The molecule has 154 valence electrons. The van der Waals surface area contributed by atoms with Gasteiger partial charge in [-0.2, -0.15) is 5.10 Å². The summed E-state index contributed by atoms with van der Waals surface area (Å²) in [6.07, 6.45) is 2.69. The number of aromatic nitrogens is 2. The van der Waals surface area contributed by atoms with Crippen molar-refractivity contribution in [2.45, 2.75) is 51.2 Å². The highest BCUT2D eigenvalue weighted by Crippen LogP contribution is 2.48. The summed E-state index contributed by atoms with van der Waals surface area (Å²) in [5.41, 5.74) is 5.29. The van der Waals surface area contributed by atoms with Crippen LogP contribution in [-0.4, -0.2) is 58.1 Å². The molecule has 6 heterocycles. The second-order valence-electron chi connectivity index (χ2n) is 9.28. The lowest BCUT2D eigenvalue weighted by molar-refractivity contribution is -0.00878. The van der Waals surface area contributed by atoms with Crippen molar-refractivity contribution in [2.24, 2.45) is 13.0 Å². The fourth-order valence-electron chi connectivity index (χ4n) is 6.41. The molecule has 1 aromatic carbocycles. The Labute approximate surface area is 172 Å². The maximum absolute atomic E-state index is 5.69. The first-order valence-corrected chi connectivity index (χ1v) is 11.0. The number of piperidine rings is 3. The average molecular weight is 395 g/mol. The number of hydrogen-bond acceptors (Lipinski definition) is 5. The minimum Gasteiger partial charge on any atom is -0.454 e. The van der Waals surface area contributed by atoms with Gasteiger partial charge in [0.15, 0.2) is 11.5 Å². The minimum atomic E-state index is 0.343. The van der Waals surface area contributed by atoms with Crippen LogP contribution in [0.15, 0.2) is 18.2 Å². The highest BCUT2D eigenvalue weighted by molar-refractivity contribution is 5.46. The average Bonchev–Trinajstić information content (AvgIpc) is 3.42. The number of benzene rings is 1. The van der Waals surface area contributed by atoms with E-state index >= 15 is 0 Å². The maximum atomic E-state index is 5.69. The molecule has 2 aromatic rings. The van der Waals surface area contributed by atoms with E-state index in [1.165, 1.54) is 48.4 Å². The molecule has 2 bridgehead atoms. The zero-order valence-electron chi connectivity index (χ0n) is 17.6. The van der Waals surface area contributed by atoms with E-state index in [-0.39, 0.29) is 0 Å². The fourth-order valence-corrected chi connectivity index (χ4v) is 6.41. The topological polar surface area (TPSA) is 42.8 Å². The van der Waals surface area contributed by atoms with Crippen molar-refractivity contribution in [3.63, 3.8) is 0 Å². The van der Waals surface area contributed by atoms with E-state index in [0.29, 0.717) is 24.8 Å². The van der Waals surface area contributed by atoms with Gasteiger partial charge in [0.05, 0.1) is 5.69 Å². The maximum Gasteiger partial charge on any atom is 0.231 e. The molecule has 0 radical (unpaired) electrons. The van der Waals surface area contributed by atoms with Crippen LogP contribution in [0.25, 0.3) is 0 Å². The third-order valence-electron chi connectivity index (χ3n) is 7.94. The van der Waals surface area contributed by atoms with Gasteiger partial charge in [-0.15, -0.1) is 0 Å². The van der Waals surface area contributed by atoms with Gasteiger partial charge in [0, 0.05) is 49.4 Å². The zero-order chi connectivity index (χ0) is 19.7. The van der Waals surface area contributed by atoms with Gasteiger partial charge < -0.3 is 9.47 Å². The Morgan fingerprint density at radius 1 is 1.07 bits per heavy atom. The molecule has 5 aliphatic heterocycles. The molecule has 6 heteroatoms. The summed E-state index contributed by atoms with van der Waals surface area (Å²) in [7, 11) is 2.06. The first kappa shape index (κ1) is 17.8. The number of nitrogens with zero attached hydrogens (tertiary/aromatic N) is 4. The quantitative estimate of drug-likeness (QED) is 0.801. The summed E-state index contributed by atoms with van der Waals surface area (Å²) in [4.78, 5) is 5.54. The molecule has 4 saturated heterocycles. The van der Waals surface area contributed by atoms with Crippen LogP contribution < -0.4 is 9.47 Å². The molecular formula is C23H30N4O2. The van der Waals surface area contributed by atoms with Gasteiger partial charge >= 0.3 is 0 Å². The second-order valence-corrected chi connectivity index (χ2v) is 9.28. The molecule has 0 spiro atoms. The third kappa shape index (κ3) is 2.65. The summed E-state index contributed by atoms with van der Waals surface area (Å²) in [5, 5.41) is 4.67. The third-order valence-corrected chi connectivity index (χ3v) is 7.94. The number of rotatable bonds is 3. The highest BCUT2D eigenvalue weighted by Gasteiger charge is 2.53. The first-order chi connectivity index (χ1) is 14.1. The Morgan fingerprint density at radius 3 is 2.62 bits per heavy atom. The normalized spacial score (nSPS) is 32.7. The molecule has 4 fully saturated rings. The van der Waals surface area contributed by atoms with Gasteiger partial charge in [0.25, 0.3) is 0 Å². The summed E-state index contributed by atoms with van der Waals surface area (Å²) in [6.45, 7) is 9.33. The summed E-state index contributed by atoms with van der Waals surface area (Å²) in [5.74, 6) is 3.14. The van der Waals surface area contributed by atoms with Gasteiger partial charge in [-0.25, -0.2) is 0 Å². The van der Waals surface area contributed by atoms with E-state index in [0.717, 1.165) is 30.5 Å². The van der Waals surface area contributed by atoms with E-state index in [1.807, 2.05) is 4.68 Å². The van der Waals surface area contributed by atoms with Gasteiger partial charge in [-0.05, 0) is 63.4 Å². The van der Waals surface area contributed by atoms with Crippen LogP contribution in [-0.2, 0) is 13.6 Å². The predicted octanol–water partition coefficient (Wildman–Crippen LogP) is 2.83. The van der Waals surface area contributed by atoms with Crippen molar-refractivity contribution >= 4 is 0 Å². The number of fused-ring (bicyclic) bond motifs is 3. The van der Waals surface area contributed by atoms with Crippen LogP contribution in [0.4, 0.5) is 0 Å². The Bertz CT molecular complexity index is 947. The molecule has 5 aliphatic rings. The van der Waals surface area contributed by atoms with E-state index in [1.54, 1.807) is 0 Å². The Morgan fingerprint density at radius 2 is 1.86 bits per heavy atom. The van der Waals surface area contributed by atoms with E-state index in [4.69, 9.17) is 9.47 Å². The molecule has 0 aliphatic carbocycles. The van der Waals surface area contributed by atoms with Crippen molar-refractivity contribution in [1.82, 2.24) is 19.6 Å². The second kappa shape index (κ2) is 6.47. The lowest BCUT2D eigenvalue weighted by atomic mass is 9.75. The van der Waals surface area contributed by atoms with Gasteiger partial charge in [0.1, 0.15) is 0 Å². The number of ether oxygens (including phenoxy) is 2. The summed E-state index contributed by atoms with van der Waals surface area (Å²) >= 11 is 0. The van der Waals surface area contributed by atoms with Crippen LogP contribution in [0.5, 0.6) is 11.5 Å². The Balaban J connectivity index is 1.36. The summed E-state index contributed by atoms with van der Waals surface area (Å²) in [6, 6.07) is 7.86. The zero-order valence-corrected chi connectivity index (χ0v) is 17.6. The molecule has 7 rings (SSSR count). The van der Waals surface area contributed by atoms with Crippen LogP contribution in [0.1, 0.15) is 41.3 Å². The Hall–Kier alpha value is -2.05. The first-order valence-electron chi connectivity index (χ1n) is 11.0. The fraction of sp³-hybridized carbons (Fsp3) is 0.609. The van der Waals surface area contributed by atoms with Gasteiger partial charge in [-0.3, -0.25) is 14.5 Å². The van der Waals surface area contributed by atoms with E-state index in [2.05, 4.69) is 54.0 Å². The van der Waals surface area contributed by atoms with Crippen molar-refractivity contribution in [2.75, 3.05) is 26.4 Å². The van der Waals surface area contributed by atoms with Crippen molar-refractivity contribution in [3.8, 4) is 11.5 Å². The number of aryl methyl sites for hydroxylation is 2. The largest absolute Gasteiger partial charge is 0.454 e. The van der Waals surface area contributed by atoms with Crippen LogP contribution in [0, 0.1) is 19.8 Å². The van der Waals surface area contributed by atoms with E-state index in [9.17, 15) is 0 Å². The minimum absolute atomic E-state index is 0.343. The molecule has 3 atom stereocenters. The Kier molecular flexibility index (Phi) is 3.97.